The van der Waals surface area contributed by atoms with E-state index in [0.717, 1.165) is 23.0 Å². The van der Waals surface area contributed by atoms with Crippen LogP contribution in [0.3, 0.4) is 0 Å². The number of amides is 1. The van der Waals surface area contributed by atoms with Crippen LogP contribution in [0.5, 0.6) is 5.75 Å². The number of hydrogen-bond acceptors (Lipinski definition) is 6. The highest BCUT2D eigenvalue weighted by atomic mass is 16.5. The molecule has 1 fully saturated rings. The number of methoxy groups -OCH3 is 1. The SMILES string of the molecule is COc1cccc(CC(=O)N2CCn3c(nnc3[C@@H]3C[C@@H](O)CN3C)C2)c1. The lowest BCUT2D eigenvalue weighted by Crippen LogP contribution is -2.40. The predicted molar refractivity (Wildman–Crippen MR) is 98.1 cm³/mol. The van der Waals surface area contributed by atoms with Gasteiger partial charge in [-0.1, -0.05) is 12.1 Å². The smallest absolute Gasteiger partial charge is 0.227 e. The molecule has 1 N–H and O–H groups in total. The zero-order valence-corrected chi connectivity index (χ0v) is 15.7. The molecule has 8 nitrogen and oxygen atoms in total. The summed E-state index contributed by atoms with van der Waals surface area (Å²) in [5.41, 5.74) is 0.939. The van der Waals surface area contributed by atoms with E-state index in [4.69, 9.17) is 4.74 Å². The van der Waals surface area contributed by atoms with Gasteiger partial charge in [0.05, 0.1) is 32.2 Å². The van der Waals surface area contributed by atoms with Gasteiger partial charge in [0.2, 0.25) is 5.91 Å². The minimum Gasteiger partial charge on any atom is -0.497 e. The Morgan fingerprint density at radius 1 is 1.33 bits per heavy atom. The molecule has 0 aliphatic carbocycles. The van der Waals surface area contributed by atoms with Gasteiger partial charge in [0.1, 0.15) is 5.75 Å². The number of carbonyl (C=O) groups is 1. The summed E-state index contributed by atoms with van der Waals surface area (Å²) >= 11 is 0. The van der Waals surface area contributed by atoms with Crippen LogP contribution < -0.4 is 4.74 Å². The quantitative estimate of drug-likeness (QED) is 0.848. The summed E-state index contributed by atoms with van der Waals surface area (Å²) in [6.45, 7) is 2.44. The van der Waals surface area contributed by atoms with Crippen LogP contribution in [0.1, 0.15) is 29.7 Å². The Morgan fingerprint density at radius 3 is 2.93 bits per heavy atom. The molecule has 1 amide bonds. The van der Waals surface area contributed by atoms with Crippen molar-refractivity contribution in [2.45, 2.75) is 38.1 Å². The van der Waals surface area contributed by atoms with E-state index in [2.05, 4.69) is 19.7 Å². The van der Waals surface area contributed by atoms with E-state index in [0.29, 0.717) is 39.0 Å². The van der Waals surface area contributed by atoms with Crippen LogP contribution in [-0.2, 0) is 24.3 Å². The Kier molecular flexibility index (Phi) is 4.84. The largest absolute Gasteiger partial charge is 0.497 e. The molecule has 144 valence electrons. The fourth-order valence-electron chi connectivity index (χ4n) is 3.98. The Bertz CT molecular complexity index is 837. The van der Waals surface area contributed by atoms with E-state index in [1.165, 1.54) is 0 Å². The van der Waals surface area contributed by atoms with Crippen molar-refractivity contribution in [1.82, 2.24) is 24.6 Å². The van der Waals surface area contributed by atoms with Gasteiger partial charge in [-0.2, -0.15) is 0 Å². The minimum atomic E-state index is -0.322. The summed E-state index contributed by atoms with van der Waals surface area (Å²) in [7, 11) is 3.62. The van der Waals surface area contributed by atoms with Gasteiger partial charge in [-0.15, -0.1) is 10.2 Å². The summed E-state index contributed by atoms with van der Waals surface area (Å²) in [6.07, 6.45) is 0.695. The molecule has 1 aromatic heterocycles. The van der Waals surface area contributed by atoms with Crippen LogP contribution in [0.15, 0.2) is 24.3 Å². The van der Waals surface area contributed by atoms with Gasteiger partial charge in [0.25, 0.3) is 0 Å². The van der Waals surface area contributed by atoms with Gasteiger partial charge in [-0.3, -0.25) is 9.69 Å². The number of aliphatic hydroxyl groups is 1. The van der Waals surface area contributed by atoms with Gasteiger partial charge in [0, 0.05) is 19.6 Å². The van der Waals surface area contributed by atoms with Crippen molar-refractivity contribution in [1.29, 1.82) is 0 Å². The number of fused-ring (bicyclic) bond motifs is 1. The number of hydrogen-bond donors (Lipinski definition) is 1. The summed E-state index contributed by atoms with van der Waals surface area (Å²) < 4.78 is 7.33. The third kappa shape index (κ3) is 3.54. The van der Waals surface area contributed by atoms with Gasteiger partial charge in [0.15, 0.2) is 11.6 Å². The molecule has 27 heavy (non-hydrogen) atoms. The number of likely N-dealkylation sites (N-methyl/N-ethyl adjacent to an activating group) is 1. The molecule has 2 atom stereocenters. The van der Waals surface area contributed by atoms with E-state index in [1.54, 1.807) is 7.11 Å². The standard InChI is InChI=1S/C19H25N5O3/c1-22-11-14(25)10-16(22)19-21-20-17-12-23(6-7-24(17)19)18(26)9-13-4-3-5-15(8-13)27-2/h3-5,8,14,16,25H,6-7,9-12H2,1-2H3/t14-,16+/m1/s1. The van der Waals surface area contributed by atoms with Crippen molar-refractivity contribution in [2.24, 2.45) is 0 Å². The maximum Gasteiger partial charge on any atom is 0.227 e. The summed E-state index contributed by atoms with van der Waals surface area (Å²) in [5, 5.41) is 18.6. The zero-order chi connectivity index (χ0) is 19.0. The molecule has 0 saturated carbocycles. The van der Waals surface area contributed by atoms with E-state index >= 15 is 0 Å². The molecule has 1 saturated heterocycles. The van der Waals surface area contributed by atoms with Crippen LogP contribution >= 0.6 is 0 Å². The number of nitrogens with zero attached hydrogens (tertiary/aromatic N) is 5. The molecule has 2 aliphatic heterocycles. The number of aliphatic hydroxyl groups excluding tert-OH is 1. The van der Waals surface area contributed by atoms with Gasteiger partial charge < -0.3 is 19.3 Å². The number of benzene rings is 1. The monoisotopic (exact) mass is 371 g/mol. The van der Waals surface area contributed by atoms with E-state index in [1.807, 2.05) is 36.2 Å². The maximum absolute atomic E-state index is 12.7. The number of likely N-dealkylation sites (tertiary alicyclic amines) is 1. The number of carbonyl (C=O) groups excluding carboxylic acids is 1. The van der Waals surface area contributed by atoms with E-state index < -0.39 is 0 Å². The Balaban J connectivity index is 1.45. The first-order valence-corrected chi connectivity index (χ1v) is 9.26. The highest BCUT2D eigenvalue weighted by Crippen LogP contribution is 2.30. The maximum atomic E-state index is 12.7. The molecule has 0 spiro atoms. The van der Waals surface area contributed by atoms with Crippen molar-refractivity contribution >= 4 is 5.91 Å². The third-order valence-electron chi connectivity index (χ3n) is 5.45. The number of aromatic nitrogens is 3. The predicted octanol–water partition coefficient (Wildman–Crippen LogP) is 0.609. The first kappa shape index (κ1) is 17.9. The van der Waals surface area contributed by atoms with Crippen LogP contribution in [0, 0.1) is 0 Å². The molecule has 3 heterocycles. The number of ether oxygens (including phenoxy) is 1. The second kappa shape index (κ2) is 7.28. The first-order valence-electron chi connectivity index (χ1n) is 9.26. The minimum absolute atomic E-state index is 0.0764. The first-order chi connectivity index (χ1) is 13.0. The molecule has 1 aromatic carbocycles. The van der Waals surface area contributed by atoms with Crippen molar-refractivity contribution < 1.29 is 14.6 Å². The van der Waals surface area contributed by atoms with Crippen LogP contribution in [0.2, 0.25) is 0 Å². The molecule has 0 bridgehead atoms. The van der Waals surface area contributed by atoms with Crippen LogP contribution in [-0.4, -0.2) is 68.9 Å². The van der Waals surface area contributed by atoms with Crippen LogP contribution in [0.4, 0.5) is 0 Å². The fraction of sp³-hybridized carbons (Fsp3) is 0.526. The van der Waals surface area contributed by atoms with Crippen molar-refractivity contribution in [3.63, 3.8) is 0 Å². The lowest BCUT2D eigenvalue weighted by atomic mass is 10.1. The summed E-state index contributed by atoms with van der Waals surface area (Å²) in [4.78, 5) is 16.7. The molecular formula is C19H25N5O3. The van der Waals surface area contributed by atoms with E-state index in [-0.39, 0.29) is 18.1 Å². The molecule has 4 rings (SSSR count). The third-order valence-corrected chi connectivity index (χ3v) is 5.45. The average Bonchev–Trinajstić information content (AvgIpc) is 3.23. The molecule has 8 heteroatoms. The fourth-order valence-corrected chi connectivity index (χ4v) is 3.98. The second-order valence-corrected chi connectivity index (χ2v) is 7.31. The highest BCUT2D eigenvalue weighted by Gasteiger charge is 2.35. The van der Waals surface area contributed by atoms with E-state index in [9.17, 15) is 9.90 Å². The second-order valence-electron chi connectivity index (χ2n) is 7.31. The van der Waals surface area contributed by atoms with Gasteiger partial charge >= 0.3 is 0 Å². The molecule has 2 aromatic rings. The molecular weight excluding hydrogens is 346 g/mol. The zero-order valence-electron chi connectivity index (χ0n) is 15.7. The lowest BCUT2D eigenvalue weighted by Gasteiger charge is -2.29. The van der Waals surface area contributed by atoms with Crippen molar-refractivity contribution in [2.75, 3.05) is 27.2 Å². The topological polar surface area (TPSA) is 83.7 Å². The average molecular weight is 371 g/mol. The summed E-state index contributed by atoms with van der Waals surface area (Å²) in [5.74, 6) is 2.53. The summed E-state index contributed by atoms with van der Waals surface area (Å²) in [6, 6.07) is 7.68. The van der Waals surface area contributed by atoms with Gasteiger partial charge in [-0.25, -0.2) is 0 Å². The number of rotatable bonds is 4. The lowest BCUT2D eigenvalue weighted by molar-refractivity contribution is -0.132. The van der Waals surface area contributed by atoms with Crippen molar-refractivity contribution in [3.05, 3.63) is 41.5 Å². The normalized spacial score (nSPS) is 22.7. The highest BCUT2D eigenvalue weighted by molar-refractivity contribution is 5.79. The Hall–Kier alpha value is -2.45. The number of β-amino-alcohol motifs (C(OH)–C–C–N with tert-alkyl or cyclic N) is 1. The molecule has 2 aliphatic rings. The van der Waals surface area contributed by atoms with Gasteiger partial charge in [-0.05, 0) is 31.2 Å². The Labute approximate surface area is 158 Å². The molecule has 0 unspecified atom stereocenters. The van der Waals surface area contributed by atoms with Crippen LogP contribution in [0.25, 0.3) is 0 Å². The Morgan fingerprint density at radius 2 is 2.19 bits per heavy atom. The van der Waals surface area contributed by atoms with Crippen molar-refractivity contribution in [3.8, 4) is 5.75 Å². The molecule has 0 radical (unpaired) electrons.